The van der Waals surface area contributed by atoms with Crippen molar-refractivity contribution in [1.82, 2.24) is 14.6 Å². The second kappa shape index (κ2) is 10.2. The molecule has 0 bridgehead atoms. The molecule has 2 aliphatic rings. The summed E-state index contributed by atoms with van der Waals surface area (Å²) in [6, 6.07) is 6.06. The number of aromatic nitrogens is 1. The Morgan fingerprint density at radius 1 is 1.11 bits per heavy atom. The molecule has 37 heavy (non-hydrogen) atoms. The van der Waals surface area contributed by atoms with Crippen LogP contribution in [0.3, 0.4) is 0 Å². The number of anilines is 1. The van der Waals surface area contributed by atoms with E-state index in [9.17, 15) is 30.8 Å². The normalized spacial score (nSPS) is 23.1. The van der Waals surface area contributed by atoms with E-state index >= 15 is 0 Å². The van der Waals surface area contributed by atoms with Crippen molar-refractivity contribution in [3.63, 3.8) is 0 Å². The minimum atomic E-state index is -4.46. The van der Waals surface area contributed by atoms with Crippen molar-refractivity contribution in [2.45, 2.75) is 50.2 Å². The Hall–Kier alpha value is -2.73. The van der Waals surface area contributed by atoms with Gasteiger partial charge < -0.3 is 9.80 Å². The van der Waals surface area contributed by atoms with E-state index in [-0.39, 0.29) is 22.5 Å². The van der Waals surface area contributed by atoms with Crippen LogP contribution in [0.5, 0.6) is 0 Å². The molecule has 2 fully saturated rings. The van der Waals surface area contributed by atoms with Crippen LogP contribution in [0.4, 0.5) is 23.4 Å². The number of nitrogens with zero attached hydrogens (tertiary/aromatic N) is 3. The van der Waals surface area contributed by atoms with Gasteiger partial charge in [0.05, 0.1) is 15.9 Å². The van der Waals surface area contributed by atoms with Crippen LogP contribution in [0.2, 0.25) is 0 Å². The lowest BCUT2D eigenvalue weighted by atomic mass is 9.74. The summed E-state index contributed by atoms with van der Waals surface area (Å²) >= 11 is 0. The number of hydrogen-bond acceptors (Lipinski definition) is 5. The van der Waals surface area contributed by atoms with Gasteiger partial charge >= 0.3 is 6.18 Å². The van der Waals surface area contributed by atoms with Gasteiger partial charge in [-0.1, -0.05) is 13.8 Å². The van der Waals surface area contributed by atoms with Gasteiger partial charge in [-0.15, -0.1) is 0 Å². The fourth-order valence-corrected chi connectivity index (χ4v) is 6.53. The number of carbonyl (C=O) groups is 1. The molecule has 1 aromatic heterocycles. The average Bonchev–Trinajstić information content (AvgIpc) is 3.28. The topological polar surface area (TPSA) is 82.6 Å². The molecule has 1 aromatic carbocycles. The van der Waals surface area contributed by atoms with Crippen LogP contribution in [0.1, 0.15) is 38.7 Å². The first-order chi connectivity index (χ1) is 17.3. The van der Waals surface area contributed by atoms with Crippen molar-refractivity contribution in [2.24, 2.45) is 11.3 Å². The number of rotatable bonds is 6. The van der Waals surface area contributed by atoms with E-state index in [4.69, 9.17) is 0 Å². The van der Waals surface area contributed by atoms with Crippen LogP contribution in [0.15, 0.2) is 47.5 Å². The standard InChI is InChI=1S/C25H30F4N4O3S/c1-17(2)24(9-7-20(16-24)31-37(35,36)21-5-3-19(26)4-6-21)23(34)33-13-11-32(12-14-33)22-15-18(8-10-30-22)25(27,28)29/h3-6,8,10,15,17,20,31H,7,9,11-14,16H2,1-2H3/t20-,24+/m1/s1. The predicted molar refractivity (Wildman–Crippen MR) is 130 cm³/mol. The van der Waals surface area contributed by atoms with Gasteiger partial charge in [0, 0.05) is 38.4 Å². The van der Waals surface area contributed by atoms with Crippen LogP contribution in [-0.2, 0) is 21.0 Å². The third kappa shape index (κ3) is 5.74. The highest BCUT2D eigenvalue weighted by Crippen LogP contribution is 2.46. The lowest BCUT2D eigenvalue weighted by Gasteiger charge is -2.42. The smallest absolute Gasteiger partial charge is 0.353 e. The highest BCUT2D eigenvalue weighted by molar-refractivity contribution is 7.89. The van der Waals surface area contributed by atoms with Gasteiger partial charge in [-0.2, -0.15) is 13.2 Å². The van der Waals surface area contributed by atoms with Gasteiger partial charge in [0.2, 0.25) is 15.9 Å². The maximum atomic E-state index is 13.7. The minimum Gasteiger partial charge on any atom is -0.353 e. The lowest BCUT2D eigenvalue weighted by molar-refractivity contribution is -0.145. The fraction of sp³-hybridized carbons (Fsp3) is 0.520. The lowest BCUT2D eigenvalue weighted by Crippen LogP contribution is -2.54. The number of sulfonamides is 1. The zero-order valence-corrected chi connectivity index (χ0v) is 21.4. The van der Waals surface area contributed by atoms with Crippen molar-refractivity contribution in [2.75, 3.05) is 31.1 Å². The second-order valence-corrected chi connectivity index (χ2v) is 11.7. The fourth-order valence-electron chi connectivity index (χ4n) is 5.26. The molecule has 0 unspecified atom stereocenters. The Bertz CT molecular complexity index is 1230. The van der Waals surface area contributed by atoms with Crippen molar-refractivity contribution < 1.29 is 30.8 Å². The first-order valence-corrected chi connectivity index (χ1v) is 13.7. The zero-order valence-electron chi connectivity index (χ0n) is 20.6. The maximum absolute atomic E-state index is 13.7. The number of nitrogens with one attached hydrogen (secondary N) is 1. The first-order valence-electron chi connectivity index (χ1n) is 12.2. The summed E-state index contributed by atoms with van der Waals surface area (Å²) in [7, 11) is -3.87. The quantitative estimate of drug-likeness (QED) is 0.557. The predicted octanol–water partition coefficient (Wildman–Crippen LogP) is 4.06. The molecule has 0 spiro atoms. The molecule has 1 saturated carbocycles. The summed E-state index contributed by atoms with van der Waals surface area (Å²) in [5.41, 5.74) is -1.53. The molecule has 2 atom stereocenters. The van der Waals surface area contributed by atoms with Crippen LogP contribution in [-0.4, -0.2) is 56.4 Å². The van der Waals surface area contributed by atoms with E-state index < -0.39 is 39.0 Å². The monoisotopic (exact) mass is 542 g/mol. The number of pyridine rings is 1. The molecule has 1 saturated heterocycles. The van der Waals surface area contributed by atoms with Crippen LogP contribution >= 0.6 is 0 Å². The van der Waals surface area contributed by atoms with Gasteiger partial charge in [0.25, 0.3) is 0 Å². The zero-order chi connectivity index (χ0) is 27.0. The van der Waals surface area contributed by atoms with E-state index in [1.54, 1.807) is 9.80 Å². The largest absolute Gasteiger partial charge is 0.416 e. The van der Waals surface area contributed by atoms with Crippen molar-refractivity contribution in [3.05, 3.63) is 54.0 Å². The number of hydrogen-bond donors (Lipinski definition) is 1. The van der Waals surface area contributed by atoms with Crippen LogP contribution in [0, 0.1) is 17.2 Å². The third-order valence-corrected chi connectivity index (χ3v) is 9.03. The Morgan fingerprint density at radius 2 is 1.76 bits per heavy atom. The van der Waals surface area contributed by atoms with E-state index in [2.05, 4.69) is 9.71 Å². The third-order valence-electron chi connectivity index (χ3n) is 7.49. The SMILES string of the molecule is CC(C)[C@]1(C(=O)N2CCN(c3cc(C(F)(F)F)ccn3)CC2)CC[C@@H](NS(=O)(=O)c2ccc(F)cc2)C1. The molecule has 1 aliphatic carbocycles. The van der Waals surface area contributed by atoms with E-state index in [0.29, 0.717) is 45.4 Å². The first kappa shape index (κ1) is 27.3. The summed E-state index contributed by atoms with van der Waals surface area (Å²) < 4.78 is 80.7. The van der Waals surface area contributed by atoms with Crippen LogP contribution < -0.4 is 9.62 Å². The summed E-state index contributed by atoms with van der Waals surface area (Å²) in [4.78, 5) is 21.2. The summed E-state index contributed by atoms with van der Waals surface area (Å²) in [5, 5.41) is 0. The molecular formula is C25H30F4N4O3S. The molecular weight excluding hydrogens is 512 g/mol. The molecule has 12 heteroatoms. The van der Waals surface area contributed by atoms with Crippen molar-refractivity contribution in [1.29, 1.82) is 0 Å². The Kier molecular flexibility index (Phi) is 7.53. The summed E-state index contributed by atoms with van der Waals surface area (Å²) in [5.74, 6) is -0.434. The maximum Gasteiger partial charge on any atom is 0.416 e. The molecule has 2 aromatic rings. The molecule has 4 rings (SSSR count). The van der Waals surface area contributed by atoms with Crippen LogP contribution in [0.25, 0.3) is 0 Å². The Balaban J connectivity index is 1.42. The summed E-state index contributed by atoms with van der Waals surface area (Å²) in [6.45, 7) is 5.23. The molecule has 1 N–H and O–H groups in total. The number of benzene rings is 1. The number of carbonyl (C=O) groups excluding carboxylic acids is 1. The van der Waals surface area contributed by atoms with Gasteiger partial charge in [-0.25, -0.2) is 22.5 Å². The number of halogens is 4. The Morgan fingerprint density at radius 3 is 2.35 bits per heavy atom. The van der Waals surface area contributed by atoms with Gasteiger partial charge in [-0.3, -0.25) is 4.79 Å². The van der Waals surface area contributed by atoms with E-state index in [0.717, 1.165) is 30.5 Å². The highest BCUT2D eigenvalue weighted by Gasteiger charge is 2.50. The second-order valence-electron chi connectivity index (χ2n) is 10.0. The van der Waals surface area contributed by atoms with E-state index in [1.807, 2.05) is 13.8 Å². The molecule has 7 nitrogen and oxygen atoms in total. The van der Waals surface area contributed by atoms with Gasteiger partial charge in [0.1, 0.15) is 11.6 Å². The highest BCUT2D eigenvalue weighted by atomic mass is 32.2. The molecule has 0 radical (unpaired) electrons. The summed E-state index contributed by atoms with van der Waals surface area (Å²) in [6.07, 6.45) is -2.00. The van der Waals surface area contributed by atoms with Crippen molar-refractivity contribution >= 4 is 21.7 Å². The van der Waals surface area contributed by atoms with Crippen molar-refractivity contribution in [3.8, 4) is 0 Å². The minimum absolute atomic E-state index is 0.0402. The Labute approximate surface area is 213 Å². The van der Waals surface area contributed by atoms with Gasteiger partial charge in [0.15, 0.2) is 0 Å². The molecule has 2 heterocycles. The molecule has 1 amide bonds. The average molecular weight is 543 g/mol. The molecule has 1 aliphatic heterocycles. The van der Waals surface area contributed by atoms with E-state index in [1.165, 1.54) is 12.1 Å². The number of alkyl halides is 3. The van der Waals surface area contributed by atoms with Gasteiger partial charge in [-0.05, 0) is 61.6 Å². The number of amides is 1. The number of piperazine rings is 1. The molecule has 202 valence electrons.